The maximum absolute atomic E-state index is 14.8. The SMILES string of the molecule is Cn1c(=O)n(C)c2cc(N3CCCc4cc(-c5ccc(CCC6CCN(c7ncc(C(O)NC8C(C)(C)C(Oc9ccc(C#N)c(Cl)c9)C8(C)C)cn7)CC6)nc5)c(C(F)F)cc43)ccc21. The van der Waals surface area contributed by atoms with Crippen LogP contribution in [0.15, 0.2) is 84.0 Å². The Morgan fingerprint density at radius 2 is 1.65 bits per heavy atom. The molecule has 1 saturated heterocycles. The number of nitriles is 1. The first-order chi connectivity index (χ1) is 31.5. The van der Waals surface area contributed by atoms with Crippen molar-refractivity contribution in [3.8, 4) is 22.9 Å². The molecule has 12 nitrogen and oxygen atoms in total. The Bertz CT molecular complexity index is 2850. The van der Waals surface area contributed by atoms with Crippen LogP contribution in [0.2, 0.25) is 5.02 Å². The van der Waals surface area contributed by atoms with E-state index >= 15 is 0 Å². The molecule has 3 aromatic carbocycles. The van der Waals surface area contributed by atoms with Crippen molar-refractivity contribution in [3.63, 3.8) is 0 Å². The summed E-state index contributed by atoms with van der Waals surface area (Å²) in [5.41, 5.74) is 6.59. The van der Waals surface area contributed by atoms with Gasteiger partial charge in [0, 0.05) is 109 Å². The monoisotopic (exact) mass is 915 g/mol. The van der Waals surface area contributed by atoms with Gasteiger partial charge in [-0.1, -0.05) is 45.4 Å². The number of benzene rings is 3. The quantitative estimate of drug-likeness (QED) is 0.114. The van der Waals surface area contributed by atoms with E-state index in [2.05, 4.69) is 58.8 Å². The number of aryl methyl sites for hydroxylation is 4. The van der Waals surface area contributed by atoms with Crippen molar-refractivity contribution in [1.29, 1.82) is 5.26 Å². The molecule has 1 saturated carbocycles. The van der Waals surface area contributed by atoms with Crippen molar-refractivity contribution in [2.75, 3.05) is 29.4 Å². The Labute approximate surface area is 388 Å². The van der Waals surface area contributed by atoms with E-state index in [1.807, 2.05) is 36.4 Å². The highest BCUT2D eigenvalue weighted by molar-refractivity contribution is 6.31. The smallest absolute Gasteiger partial charge is 0.328 e. The summed E-state index contributed by atoms with van der Waals surface area (Å²) >= 11 is 6.26. The summed E-state index contributed by atoms with van der Waals surface area (Å²) in [7, 11) is 3.49. The van der Waals surface area contributed by atoms with Gasteiger partial charge in [-0.3, -0.25) is 19.4 Å². The number of anilines is 3. The fraction of sp³-hybridized carbons (Fsp3) is 0.431. The molecule has 0 spiro atoms. The van der Waals surface area contributed by atoms with Gasteiger partial charge in [-0.05, 0) is 104 Å². The van der Waals surface area contributed by atoms with Crippen molar-refractivity contribution >= 4 is 40.0 Å². The molecule has 1 unspecified atom stereocenters. The summed E-state index contributed by atoms with van der Waals surface area (Å²) in [6.07, 6.45) is 6.69. The Kier molecular flexibility index (Phi) is 12.2. The molecule has 6 aromatic rings. The molecule has 1 atom stereocenters. The Balaban J connectivity index is 0.780. The predicted molar refractivity (Wildman–Crippen MR) is 253 cm³/mol. The van der Waals surface area contributed by atoms with Crippen LogP contribution in [0.5, 0.6) is 5.75 Å². The first kappa shape index (κ1) is 45.3. The van der Waals surface area contributed by atoms with E-state index in [9.17, 15) is 23.9 Å². The first-order valence-corrected chi connectivity index (χ1v) is 23.1. The van der Waals surface area contributed by atoms with Gasteiger partial charge < -0.3 is 19.6 Å². The molecule has 15 heteroatoms. The molecule has 5 heterocycles. The molecule has 0 bridgehead atoms. The third kappa shape index (κ3) is 8.30. The Morgan fingerprint density at radius 1 is 0.924 bits per heavy atom. The highest BCUT2D eigenvalue weighted by atomic mass is 35.5. The van der Waals surface area contributed by atoms with Gasteiger partial charge >= 0.3 is 5.69 Å². The maximum Gasteiger partial charge on any atom is 0.328 e. The number of alkyl halides is 2. The van der Waals surface area contributed by atoms with Crippen LogP contribution in [0.3, 0.4) is 0 Å². The zero-order chi connectivity index (χ0) is 46.7. The lowest BCUT2D eigenvalue weighted by molar-refractivity contribution is -0.179. The average Bonchev–Trinajstić information content (AvgIpc) is 3.53. The summed E-state index contributed by atoms with van der Waals surface area (Å²) in [5, 5.41) is 24.3. The summed E-state index contributed by atoms with van der Waals surface area (Å²) in [5.74, 6) is 1.74. The topological polar surface area (TPSA) is 137 Å². The van der Waals surface area contributed by atoms with Crippen LogP contribution >= 0.6 is 11.6 Å². The number of ether oxygens (including phenoxy) is 1. The number of aliphatic hydroxyl groups excluding tert-OH is 1. The van der Waals surface area contributed by atoms with Crippen molar-refractivity contribution in [3.05, 3.63) is 123 Å². The molecular formula is C51H56ClF2N9O3. The molecular weight excluding hydrogens is 860 g/mol. The number of hydrogen-bond acceptors (Lipinski definition) is 10. The van der Waals surface area contributed by atoms with Gasteiger partial charge in [0.15, 0.2) is 0 Å². The predicted octanol–water partition coefficient (Wildman–Crippen LogP) is 9.59. The zero-order valence-electron chi connectivity index (χ0n) is 38.2. The number of nitrogens with one attached hydrogen (secondary N) is 1. The number of aromatic nitrogens is 5. The summed E-state index contributed by atoms with van der Waals surface area (Å²) in [6, 6.07) is 20.4. The number of nitrogens with zero attached hydrogens (tertiary/aromatic N) is 8. The summed E-state index contributed by atoms with van der Waals surface area (Å²) in [4.78, 5) is 30.9. The molecule has 0 amide bonds. The van der Waals surface area contributed by atoms with Crippen molar-refractivity contribution in [1.82, 2.24) is 29.4 Å². The Hall–Kier alpha value is -5.88. The zero-order valence-corrected chi connectivity index (χ0v) is 39.0. The summed E-state index contributed by atoms with van der Waals surface area (Å²) < 4.78 is 39.2. The number of imidazole rings is 1. The van der Waals surface area contributed by atoms with E-state index in [4.69, 9.17) is 21.3 Å². The minimum absolute atomic E-state index is 0.0169. The molecule has 1 aliphatic carbocycles. The maximum atomic E-state index is 14.8. The molecule has 344 valence electrons. The number of rotatable bonds is 12. The van der Waals surface area contributed by atoms with Gasteiger partial charge in [0.05, 0.1) is 21.6 Å². The minimum atomic E-state index is -2.67. The van der Waals surface area contributed by atoms with Crippen LogP contribution in [0.4, 0.5) is 26.1 Å². The van der Waals surface area contributed by atoms with Crippen molar-refractivity contribution in [2.24, 2.45) is 30.8 Å². The van der Waals surface area contributed by atoms with E-state index < -0.39 is 12.7 Å². The van der Waals surface area contributed by atoms with Gasteiger partial charge in [-0.25, -0.2) is 23.5 Å². The van der Waals surface area contributed by atoms with Gasteiger partial charge in [0.2, 0.25) is 5.95 Å². The molecule has 66 heavy (non-hydrogen) atoms. The minimum Gasteiger partial charge on any atom is -0.489 e. The molecule has 3 aromatic heterocycles. The van der Waals surface area contributed by atoms with Crippen LogP contribution in [0.25, 0.3) is 22.2 Å². The average molecular weight is 917 g/mol. The van der Waals surface area contributed by atoms with E-state index in [-0.39, 0.29) is 34.2 Å². The van der Waals surface area contributed by atoms with Crippen molar-refractivity contribution in [2.45, 2.75) is 91.0 Å². The van der Waals surface area contributed by atoms with Gasteiger partial charge in [0.1, 0.15) is 24.2 Å². The Morgan fingerprint density at radius 3 is 2.32 bits per heavy atom. The van der Waals surface area contributed by atoms with Gasteiger partial charge in [0.25, 0.3) is 6.43 Å². The largest absolute Gasteiger partial charge is 0.489 e. The fourth-order valence-electron chi connectivity index (χ4n) is 11.1. The van der Waals surface area contributed by atoms with Crippen LogP contribution in [-0.2, 0) is 26.9 Å². The van der Waals surface area contributed by atoms with E-state index in [0.29, 0.717) is 51.4 Å². The fourth-order valence-corrected chi connectivity index (χ4v) is 11.3. The van der Waals surface area contributed by atoms with Gasteiger partial charge in [-0.15, -0.1) is 0 Å². The van der Waals surface area contributed by atoms with Crippen molar-refractivity contribution < 1.29 is 18.6 Å². The van der Waals surface area contributed by atoms with E-state index in [0.717, 1.165) is 85.3 Å². The first-order valence-electron chi connectivity index (χ1n) is 22.8. The second-order valence-corrected chi connectivity index (χ2v) is 19.8. The number of hydrogen-bond donors (Lipinski definition) is 2. The lowest BCUT2D eigenvalue weighted by atomic mass is 9.49. The van der Waals surface area contributed by atoms with Gasteiger partial charge in [-0.2, -0.15) is 5.26 Å². The number of halogens is 3. The lowest BCUT2D eigenvalue weighted by Gasteiger charge is -2.63. The molecule has 2 aliphatic heterocycles. The third-order valence-corrected chi connectivity index (χ3v) is 14.8. The molecule has 2 fully saturated rings. The molecule has 3 aliphatic rings. The standard InChI is InChI=1S/C51H56ClF2N9O3/c1-50(2)46(51(3,4)47(50)66-37-15-11-32(26-55)40(52)24-37)59-45(64)34-28-57-48(58-29-34)62-20-17-30(18-21-62)9-12-35-13-10-33(27-56-35)38-22-31-8-7-19-63(42(31)25-39(38)44(53)54)36-14-16-41-43(23-36)61(6)49(65)60(41)5/h10-11,13-16,22-25,27-30,44-47,59,64H,7-9,12,17-21H2,1-6H3. The van der Waals surface area contributed by atoms with E-state index in [1.54, 1.807) is 66.1 Å². The molecule has 2 N–H and O–H groups in total. The highest BCUT2D eigenvalue weighted by Crippen LogP contribution is 2.56. The third-order valence-electron chi connectivity index (χ3n) is 14.5. The number of piperidine rings is 1. The highest BCUT2D eigenvalue weighted by Gasteiger charge is 2.64. The number of pyridine rings is 1. The molecule has 0 radical (unpaired) electrons. The number of aliphatic hydroxyl groups is 1. The number of fused-ring (bicyclic) bond motifs is 2. The van der Waals surface area contributed by atoms with Crippen LogP contribution < -0.4 is 25.5 Å². The lowest BCUT2D eigenvalue weighted by Crippen LogP contribution is -2.74. The van der Waals surface area contributed by atoms with E-state index in [1.165, 1.54) is 0 Å². The second-order valence-electron chi connectivity index (χ2n) is 19.4. The normalized spacial score (nSPS) is 19.7. The second kappa shape index (κ2) is 17.7. The van der Waals surface area contributed by atoms with Crippen LogP contribution in [-0.4, -0.2) is 61.0 Å². The summed E-state index contributed by atoms with van der Waals surface area (Å²) in [6.45, 7) is 10.8. The molecule has 9 rings (SSSR count). The van der Waals surface area contributed by atoms with Crippen LogP contribution in [0.1, 0.15) is 94.0 Å². The van der Waals surface area contributed by atoms with Crippen LogP contribution in [0, 0.1) is 28.1 Å².